The summed E-state index contributed by atoms with van der Waals surface area (Å²) >= 11 is 0. The van der Waals surface area contributed by atoms with E-state index in [9.17, 15) is 4.79 Å². The summed E-state index contributed by atoms with van der Waals surface area (Å²) in [6, 6.07) is 17.9. The van der Waals surface area contributed by atoms with Gasteiger partial charge in [-0.2, -0.15) is 0 Å². The highest BCUT2D eigenvalue weighted by atomic mass is 16.5. The highest BCUT2D eigenvalue weighted by molar-refractivity contribution is 5.64. The molecule has 0 atom stereocenters. The van der Waals surface area contributed by atoms with E-state index in [1.165, 1.54) is 5.56 Å². The Morgan fingerprint density at radius 2 is 1.79 bits per heavy atom. The first-order valence-electron chi connectivity index (χ1n) is 9.65. The van der Waals surface area contributed by atoms with Gasteiger partial charge in [0.25, 0.3) is 5.56 Å². The van der Waals surface area contributed by atoms with Gasteiger partial charge in [-0.3, -0.25) is 9.36 Å². The summed E-state index contributed by atoms with van der Waals surface area (Å²) in [7, 11) is 1.64. The minimum Gasteiger partial charge on any atom is -0.496 e. The quantitative estimate of drug-likeness (QED) is 0.686. The molecule has 3 aromatic rings. The van der Waals surface area contributed by atoms with Crippen LogP contribution in [0.5, 0.6) is 5.75 Å². The van der Waals surface area contributed by atoms with Crippen molar-refractivity contribution < 1.29 is 9.47 Å². The van der Waals surface area contributed by atoms with Crippen LogP contribution in [-0.2, 0) is 30.5 Å². The molecular formula is C23H24N2O3. The number of rotatable bonds is 5. The van der Waals surface area contributed by atoms with E-state index in [0.717, 1.165) is 23.2 Å². The Balaban J connectivity index is 1.84. The summed E-state index contributed by atoms with van der Waals surface area (Å²) in [5.74, 6) is 1.38. The first-order chi connectivity index (χ1) is 13.8. The molecule has 0 unspecified atom stereocenters. The summed E-state index contributed by atoms with van der Waals surface area (Å²) < 4.78 is 12.9. The first kappa shape index (κ1) is 18.4. The number of nitrogens with zero attached hydrogens (tertiary/aromatic N) is 2. The van der Waals surface area contributed by atoms with Gasteiger partial charge in [-0.05, 0) is 24.1 Å². The van der Waals surface area contributed by atoms with Crippen LogP contribution in [0.2, 0.25) is 0 Å². The van der Waals surface area contributed by atoms with E-state index < -0.39 is 0 Å². The van der Waals surface area contributed by atoms with Gasteiger partial charge in [-0.15, -0.1) is 0 Å². The first-order valence-corrected chi connectivity index (χ1v) is 9.65. The lowest BCUT2D eigenvalue weighted by atomic mass is 10.1. The molecule has 0 fully saturated rings. The normalized spacial score (nSPS) is 13.6. The van der Waals surface area contributed by atoms with Gasteiger partial charge in [-0.25, -0.2) is 4.98 Å². The van der Waals surface area contributed by atoms with Crippen molar-refractivity contribution in [2.75, 3.05) is 20.3 Å². The second-order valence-corrected chi connectivity index (χ2v) is 6.87. The molecule has 0 bridgehead atoms. The average molecular weight is 376 g/mol. The molecule has 0 saturated heterocycles. The maximum absolute atomic E-state index is 13.4. The predicted octanol–water partition coefficient (Wildman–Crippen LogP) is 3.28. The molecule has 0 aliphatic carbocycles. The number of methoxy groups -OCH3 is 1. The molecule has 0 spiro atoms. The highest BCUT2D eigenvalue weighted by Gasteiger charge is 2.21. The second-order valence-electron chi connectivity index (χ2n) is 6.87. The van der Waals surface area contributed by atoms with Crippen LogP contribution in [0.4, 0.5) is 0 Å². The monoisotopic (exact) mass is 376 g/mol. The molecule has 0 radical (unpaired) electrons. The van der Waals surface area contributed by atoms with Gasteiger partial charge in [0, 0.05) is 24.9 Å². The number of benzene rings is 2. The van der Waals surface area contributed by atoms with Gasteiger partial charge >= 0.3 is 0 Å². The minimum absolute atomic E-state index is 0.0346. The number of aromatic nitrogens is 2. The van der Waals surface area contributed by atoms with Crippen molar-refractivity contribution in [2.45, 2.75) is 25.8 Å². The van der Waals surface area contributed by atoms with Crippen LogP contribution in [0.25, 0.3) is 11.4 Å². The van der Waals surface area contributed by atoms with Crippen molar-refractivity contribution in [3.8, 4) is 17.1 Å². The topological polar surface area (TPSA) is 53.3 Å². The molecule has 5 heteroatoms. The van der Waals surface area contributed by atoms with E-state index in [4.69, 9.17) is 14.5 Å². The zero-order valence-electron chi connectivity index (χ0n) is 16.1. The Hall–Kier alpha value is -2.92. The number of hydrogen-bond acceptors (Lipinski definition) is 4. The molecule has 0 saturated carbocycles. The van der Waals surface area contributed by atoms with Crippen molar-refractivity contribution in [1.82, 2.24) is 9.55 Å². The minimum atomic E-state index is 0.0346. The Morgan fingerprint density at radius 1 is 1.04 bits per heavy atom. The molecule has 144 valence electrons. The summed E-state index contributed by atoms with van der Waals surface area (Å²) in [4.78, 5) is 18.3. The lowest BCUT2D eigenvalue weighted by Crippen LogP contribution is -2.29. The summed E-state index contributed by atoms with van der Waals surface area (Å²) in [6.07, 6.45) is 2.03. The Kier molecular flexibility index (Phi) is 5.53. The van der Waals surface area contributed by atoms with Crippen LogP contribution < -0.4 is 10.3 Å². The fraction of sp³-hybridized carbons (Fsp3) is 0.304. The van der Waals surface area contributed by atoms with Gasteiger partial charge in [-0.1, -0.05) is 42.5 Å². The molecule has 1 aliphatic heterocycles. The van der Waals surface area contributed by atoms with Crippen LogP contribution >= 0.6 is 0 Å². The third kappa shape index (κ3) is 3.71. The maximum atomic E-state index is 13.4. The standard InChI is InChI=1S/C23H24N2O3/c1-27-21-10-6-5-9-19(21)22-24-20-13-16-28-15-12-18(20)23(26)25(22)14-11-17-7-3-2-4-8-17/h2-10H,11-16H2,1H3. The third-order valence-electron chi connectivity index (χ3n) is 5.14. The average Bonchev–Trinajstić information content (AvgIpc) is 2.99. The molecule has 5 nitrogen and oxygen atoms in total. The van der Waals surface area contributed by atoms with Crippen molar-refractivity contribution >= 4 is 0 Å². The van der Waals surface area contributed by atoms with Gasteiger partial charge in [0.2, 0.25) is 0 Å². The lowest BCUT2D eigenvalue weighted by molar-refractivity contribution is 0.146. The molecular weight excluding hydrogens is 352 g/mol. The third-order valence-corrected chi connectivity index (χ3v) is 5.14. The van der Waals surface area contributed by atoms with Crippen molar-refractivity contribution in [3.05, 3.63) is 81.8 Å². The van der Waals surface area contributed by atoms with Gasteiger partial charge in [0.05, 0.1) is 31.6 Å². The molecule has 28 heavy (non-hydrogen) atoms. The number of para-hydroxylation sites is 1. The van der Waals surface area contributed by atoms with Crippen LogP contribution in [0, 0.1) is 0 Å². The summed E-state index contributed by atoms with van der Waals surface area (Å²) in [6.45, 7) is 1.73. The van der Waals surface area contributed by atoms with E-state index in [2.05, 4.69) is 12.1 Å². The van der Waals surface area contributed by atoms with E-state index in [0.29, 0.717) is 44.2 Å². The van der Waals surface area contributed by atoms with Gasteiger partial charge in [0.1, 0.15) is 11.6 Å². The van der Waals surface area contributed by atoms with Crippen LogP contribution in [0.15, 0.2) is 59.4 Å². The van der Waals surface area contributed by atoms with Crippen molar-refractivity contribution in [3.63, 3.8) is 0 Å². The van der Waals surface area contributed by atoms with E-state index >= 15 is 0 Å². The molecule has 2 heterocycles. The largest absolute Gasteiger partial charge is 0.496 e. The van der Waals surface area contributed by atoms with Crippen LogP contribution in [0.1, 0.15) is 16.8 Å². The fourth-order valence-electron chi connectivity index (χ4n) is 3.67. The van der Waals surface area contributed by atoms with Crippen molar-refractivity contribution in [1.29, 1.82) is 0 Å². The van der Waals surface area contributed by atoms with Gasteiger partial charge < -0.3 is 9.47 Å². The van der Waals surface area contributed by atoms with Crippen LogP contribution in [-0.4, -0.2) is 29.9 Å². The lowest BCUT2D eigenvalue weighted by Gasteiger charge is -2.17. The highest BCUT2D eigenvalue weighted by Crippen LogP contribution is 2.28. The molecule has 0 amide bonds. The SMILES string of the molecule is COc1ccccc1-c1nc2c(c(=O)n1CCc1ccccc1)CCOCC2. The van der Waals surface area contributed by atoms with Crippen LogP contribution in [0.3, 0.4) is 0 Å². The number of fused-ring (bicyclic) bond motifs is 1. The molecule has 2 aromatic carbocycles. The number of hydrogen-bond donors (Lipinski definition) is 0. The summed E-state index contributed by atoms with van der Waals surface area (Å²) in [5.41, 5.74) is 3.69. The molecule has 1 aromatic heterocycles. The molecule has 1 aliphatic rings. The zero-order valence-corrected chi connectivity index (χ0v) is 16.1. The van der Waals surface area contributed by atoms with E-state index in [-0.39, 0.29) is 5.56 Å². The molecule has 4 rings (SSSR count). The zero-order chi connectivity index (χ0) is 19.3. The second kappa shape index (κ2) is 8.40. The number of aryl methyl sites for hydroxylation is 1. The maximum Gasteiger partial charge on any atom is 0.257 e. The fourth-order valence-corrected chi connectivity index (χ4v) is 3.67. The Bertz CT molecular complexity index is 1010. The van der Waals surface area contributed by atoms with E-state index in [1.807, 2.05) is 42.5 Å². The predicted molar refractivity (Wildman–Crippen MR) is 109 cm³/mol. The van der Waals surface area contributed by atoms with Gasteiger partial charge in [0.15, 0.2) is 0 Å². The Morgan fingerprint density at radius 3 is 2.61 bits per heavy atom. The molecule has 0 N–H and O–H groups in total. The number of ether oxygens (including phenoxy) is 2. The van der Waals surface area contributed by atoms with Crippen molar-refractivity contribution in [2.24, 2.45) is 0 Å². The van der Waals surface area contributed by atoms with E-state index in [1.54, 1.807) is 11.7 Å². The Labute approximate surface area is 164 Å². The summed E-state index contributed by atoms with van der Waals surface area (Å²) in [5, 5.41) is 0. The smallest absolute Gasteiger partial charge is 0.257 e.